The van der Waals surface area contributed by atoms with Crippen molar-refractivity contribution < 1.29 is 9.53 Å². The third-order valence-corrected chi connectivity index (χ3v) is 5.08. The van der Waals surface area contributed by atoms with Gasteiger partial charge in [0.05, 0.1) is 6.07 Å². The molecular weight excluding hydrogens is 400 g/mol. The minimum Gasteiger partial charge on any atom is -0.444 e. The second kappa shape index (κ2) is 15.7. The van der Waals surface area contributed by atoms with Gasteiger partial charge in [-0.05, 0) is 83.8 Å². The second-order valence-electron chi connectivity index (χ2n) is 9.40. The number of hydrogen-bond donors (Lipinski definition) is 1. The van der Waals surface area contributed by atoms with Gasteiger partial charge < -0.3 is 15.0 Å². The molecule has 0 radical (unpaired) electrons. The van der Waals surface area contributed by atoms with E-state index in [1.165, 1.54) is 37.9 Å². The van der Waals surface area contributed by atoms with Crippen LogP contribution in [0.5, 0.6) is 0 Å². The molecule has 0 unspecified atom stereocenters. The van der Waals surface area contributed by atoms with Gasteiger partial charge in [0.25, 0.3) is 0 Å². The van der Waals surface area contributed by atoms with Gasteiger partial charge in [-0.25, -0.2) is 4.79 Å². The van der Waals surface area contributed by atoms with Crippen molar-refractivity contribution >= 4 is 6.09 Å². The van der Waals surface area contributed by atoms with Crippen molar-refractivity contribution in [1.82, 2.24) is 15.1 Å². The van der Waals surface area contributed by atoms with E-state index < -0.39 is 11.7 Å². The predicted molar refractivity (Wildman–Crippen MR) is 131 cm³/mol. The Balaban J connectivity index is 2.49. The third-order valence-electron chi connectivity index (χ3n) is 5.08. The van der Waals surface area contributed by atoms with E-state index in [4.69, 9.17) is 10.00 Å². The maximum Gasteiger partial charge on any atom is 0.407 e. The van der Waals surface area contributed by atoms with Crippen LogP contribution in [0.25, 0.3) is 0 Å². The quantitative estimate of drug-likeness (QED) is 0.370. The Kier molecular flexibility index (Phi) is 13.7. The maximum atomic E-state index is 11.8. The minimum atomic E-state index is -0.495. The van der Waals surface area contributed by atoms with E-state index in [-0.39, 0.29) is 0 Å². The fraction of sp³-hybridized carbons (Fsp3) is 0.692. The van der Waals surface area contributed by atoms with Crippen LogP contribution in [0, 0.1) is 11.3 Å². The van der Waals surface area contributed by atoms with Crippen LogP contribution in [-0.2, 0) is 17.8 Å². The molecule has 1 amide bonds. The van der Waals surface area contributed by atoms with E-state index in [9.17, 15) is 4.79 Å². The molecule has 0 saturated heterocycles. The van der Waals surface area contributed by atoms with E-state index >= 15 is 0 Å². The smallest absolute Gasteiger partial charge is 0.407 e. The summed E-state index contributed by atoms with van der Waals surface area (Å²) in [5.41, 5.74) is 1.77. The minimum absolute atomic E-state index is 0.402. The summed E-state index contributed by atoms with van der Waals surface area (Å²) in [6.45, 7) is 16.7. The highest BCUT2D eigenvalue weighted by Crippen LogP contribution is 2.11. The molecule has 0 bridgehead atoms. The molecule has 0 aliphatic carbocycles. The zero-order valence-electron chi connectivity index (χ0n) is 21.0. The second-order valence-corrected chi connectivity index (χ2v) is 9.40. The van der Waals surface area contributed by atoms with Gasteiger partial charge in [-0.15, -0.1) is 0 Å². The first-order chi connectivity index (χ1) is 15.3. The van der Waals surface area contributed by atoms with E-state index in [0.717, 1.165) is 38.2 Å². The number of hydrogen-bond acceptors (Lipinski definition) is 5. The van der Waals surface area contributed by atoms with Gasteiger partial charge in [-0.2, -0.15) is 5.26 Å². The molecule has 32 heavy (non-hydrogen) atoms. The van der Waals surface area contributed by atoms with Crippen molar-refractivity contribution in [3.63, 3.8) is 0 Å². The van der Waals surface area contributed by atoms with Gasteiger partial charge >= 0.3 is 6.09 Å². The van der Waals surface area contributed by atoms with Crippen LogP contribution in [0.15, 0.2) is 24.3 Å². The maximum absolute atomic E-state index is 11.8. The van der Waals surface area contributed by atoms with Crippen molar-refractivity contribution in [2.24, 2.45) is 0 Å². The van der Waals surface area contributed by atoms with E-state index in [1.54, 1.807) is 0 Å². The SMILES string of the molecule is CCCN(CCC)CCCCN(CCC#N)Cc1ccc(CNC(=O)OC(C)(C)C)cc1. The zero-order valence-corrected chi connectivity index (χ0v) is 21.0. The number of ether oxygens (including phenoxy) is 1. The van der Waals surface area contributed by atoms with Crippen LogP contribution in [0.3, 0.4) is 0 Å². The Labute approximate surface area is 195 Å². The van der Waals surface area contributed by atoms with Crippen LogP contribution in [-0.4, -0.2) is 54.2 Å². The fourth-order valence-electron chi connectivity index (χ4n) is 3.63. The number of amides is 1. The van der Waals surface area contributed by atoms with Crippen LogP contribution < -0.4 is 5.32 Å². The Morgan fingerprint density at radius 2 is 1.50 bits per heavy atom. The lowest BCUT2D eigenvalue weighted by Gasteiger charge is -2.24. The molecule has 1 aromatic rings. The highest BCUT2D eigenvalue weighted by Gasteiger charge is 2.15. The first kappa shape index (κ1) is 27.9. The summed E-state index contributed by atoms with van der Waals surface area (Å²) in [5.74, 6) is 0. The van der Waals surface area contributed by atoms with E-state index in [2.05, 4.69) is 47.2 Å². The average molecular weight is 445 g/mol. The number of unbranched alkanes of at least 4 members (excludes halogenated alkanes) is 1. The lowest BCUT2D eigenvalue weighted by molar-refractivity contribution is 0.0523. The summed E-state index contributed by atoms with van der Waals surface area (Å²) in [6, 6.07) is 10.6. The van der Waals surface area contributed by atoms with Crippen molar-refractivity contribution in [2.75, 3.05) is 32.7 Å². The van der Waals surface area contributed by atoms with Crippen molar-refractivity contribution in [3.8, 4) is 6.07 Å². The Morgan fingerprint density at radius 3 is 2.03 bits per heavy atom. The summed E-state index contributed by atoms with van der Waals surface area (Å²) in [4.78, 5) is 16.8. The molecule has 0 atom stereocenters. The monoisotopic (exact) mass is 444 g/mol. The highest BCUT2D eigenvalue weighted by atomic mass is 16.6. The van der Waals surface area contributed by atoms with Gasteiger partial charge in [0, 0.05) is 26.1 Å². The largest absolute Gasteiger partial charge is 0.444 e. The van der Waals surface area contributed by atoms with Crippen molar-refractivity contribution in [3.05, 3.63) is 35.4 Å². The molecular formula is C26H44N4O2. The molecule has 0 spiro atoms. The van der Waals surface area contributed by atoms with Crippen LogP contribution in [0.4, 0.5) is 4.79 Å². The highest BCUT2D eigenvalue weighted by molar-refractivity contribution is 5.67. The molecule has 0 aliphatic rings. The normalized spacial score (nSPS) is 11.6. The van der Waals surface area contributed by atoms with E-state index in [1.807, 2.05) is 32.9 Å². The van der Waals surface area contributed by atoms with Crippen LogP contribution in [0.2, 0.25) is 0 Å². The topological polar surface area (TPSA) is 68.6 Å². The number of nitrogens with one attached hydrogen (secondary N) is 1. The Bertz CT molecular complexity index is 671. The molecule has 6 nitrogen and oxygen atoms in total. The molecule has 0 saturated carbocycles. The number of alkyl carbamates (subject to hydrolysis) is 1. The number of nitriles is 1. The van der Waals surface area contributed by atoms with Gasteiger partial charge in [0.1, 0.15) is 5.60 Å². The summed E-state index contributed by atoms with van der Waals surface area (Å²) in [5, 5.41) is 11.8. The van der Waals surface area contributed by atoms with Gasteiger partial charge in [-0.1, -0.05) is 38.1 Å². The number of benzene rings is 1. The van der Waals surface area contributed by atoms with Crippen molar-refractivity contribution in [1.29, 1.82) is 5.26 Å². The molecule has 0 heterocycles. The first-order valence-electron chi connectivity index (χ1n) is 12.1. The molecule has 0 aliphatic heterocycles. The third kappa shape index (κ3) is 13.3. The number of nitrogens with zero attached hydrogens (tertiary/aromatic N) is 3. The lowest BCUT2D eigenvalue weighted by Crippen LogP contribution is -2.32. The van der Waals surface area contributed by atoms with E-state index in [0.29, 0.717) is 13.0 Å². The summed E-state index contributed by atoms with van der Waals surface area (Å²) < 4.78 is 5.28. The van der Waals surface area contributed by atoms with Crippen LogP contribution in [0.1, 0.15) is 77.8 Å². The summed E-state index contributed by atoms with van der Waals surface area (Å²) in [7, 11) is 0. The molecule has 180 valence electrons. The molecule has 6 heteroatoms. The molecule has 1 N–H and O–H groups in total. The van der Waals surface area contributed by atoms with Gasteiger partial charge in [0.15, 0.2) is 0 Å². The number of rotatable bonds is 15. The Morgan fingerprint density at radius 1 is 0.938 bits per heavy atom. The summed E-state index contributed by atoms with van der Waals surface area (Å²) >= 11 is 0. The standard InChI is InChI=1S/C26H44N4O2/c1-6-16-29(17-7-2)18-8-9-19-30(20-10-15-27)22-24-13-11-23(12-14-24)21-28-25(31)32-26(3,4)5/h11-14H,6-10,16-22H2,1-5H3,(H,28,31). The number of carbonyl (C=O) groups excluding carboxylic acids is 1. The average Bonchev–Trinajstić information content (AvgIpc) is 2.73. The molecule has 1 rings (SSSR count). The fourth-order valence-corrected chi connectivity index (χ4v) is 3.63. The first-order valence-corrected chi connectivity index (χ1v) is 12.1. The Hall–Kier alpha value is -2.10. The number of carbonyl (C=O) groups is 1. The van der Waals surface area contributed by atoms with Gasteiger partial charge in [0.2, 0.25) is 0 Å². The molecule has 0 fully saturated rings. The van der Waals surface area contributed by atoms with Crippen LogP contribution >= 0.6 is 0 Å². The molecule has 1 aromatic carbocycles. The molecule has 0 aromatic heterocycles. The van der Waals surface area contributed by atoms with Gasteiger partial charge in [-0.3, -0.25) is 4.90 Å². The van der Waals surface area contributed by atoms with Crippen molar-refractivity contribution in [2.45, 2.75) is 85.4 Å². The lowest BCUT2D eigenvalue weighted by atomic mass is 10.1. The zero-order chi connectivity index (χ0) is 23.8. The predicted octanol–water partition coefficient (Wildman–Crippen LogP) is 5.33. The summed E-state index contributed by atoms with van der Waals surface area (Å²) in [6.07, 6.45) is 4.90.